The molecule has 10 rings (SSSR count). The lowest BCUT2D eigenvalue weighted by atomic mass is 9.64. The van der Waals surface area contributed by atoms with E-state index in [9.17, 15) is 0 Å². The number of benzene rings is 9. The van der Waals surface area contributed by atoms with Crippen LogP contribution in [0.3, 0.4) is 0 Å². The molecular weight excluding hydrogens is 698 g/mol. The summed E-state index contributed by atoms with van der Waals surface area (Å²) in [5, 5.41) is 4.39. The number of anilines is 3. The van der Waals surface area contributed by atoms with E-state index >= 15 is 0 Å². The average molecular weight is 729 g/mol. The molecule has 0 unspecified atom stereocenters. The Bertz CT molecular complexity index is 3120. The van der Waals surface area contributed by atoms with E-state index < -0.39 is 0 Å². The molecule has 0 saturated carbocycles. The molecule has 9 aromatic carbocycles. The van der Waals surface area contributed by atoms with Crippen LogP contribution in [0, 0.1) is 0 Å². The summed E-state index contributed by atoms with van der Waals surface area (Å²) in [4.78, 5) is 2.04. The maximum absolute atomic E-state index is 7.11. The Balaban J connectivity index is 1.10. The normalized spacial score (nSPS) is 11.4. The molecule has 8 radical (unpaired) electrons. The highest BCUT2D eigenvalue weighted by atomic mass is 16.3. The van der Waals surface area contributed by atoms with Gasteiger partial charge in [0.1, 0.15) is 42.6 Å². The van der Waals surface area contributed by atoms with E-state index in [4.69, 9.17) is 35.8 Å². The second-order valence-corrected chi connectivity index (χ2v) is 14.6. The van der Waals surface area contributed by atoms with Gasteiger partial charge in [-0.25, -0.2) is 0 Å². The summed E-state index contributed by atoms with van der Waals surface area (Å²) in [5.41, 5.74) is 12.9. The van der Waals surface area contributed by atoms with Gasteiger partial charge in [-0.2, -0.15) is 0 Å². The van der Waals surface area contributed by atoms with E-state index in [1.807, 2.05) is 65.6 Å². The molecule has 0 aliphatic rings. The minimum absolute atomic E-state index is 0.314. The van der Waals surface area contributed by atoms with Gasteiger partial charge in [0.25, 0.3) is 0 Å². The van der Waals surface area contributed by atoms with Crippen LogP contribution in [0.5, 0.6) is 0 Å². The number of rotatable bonds is 7. The summed E-state index contributed by atoms with van der Waals surface area (Å²) in [6, 6.07) is 64.5. The fraction of sp³-hybridized carbons (Fsp3) is 0. The second-order valence-electron chi connectivity index (χ2n) is 14.6. The third kappa shape index (κ3) is 6.04. The number of para-hydroxylation sites is 2. The van der Waals surface area contributed by atoms with Crippen LogP contribution in [-0.2, 0) is 0 Å². The molecule has 0 bridgehead atoms. The van der Waals surface area contributed by atoms with Gasteiger partial charge >= 0.3 is 0 Å². The van der Waals surface area contributed by atoms with Gasteiger partial charge in [-0.05, 0) is 86.1 Å². The Morgan fingerprint density at radius 3 is 1.59 bits per heavy atom. The molecule has 0 atom stereocenters. The van der Waals surface area contributed by atoms with E-state index in [0.29, 0.717) is 38.7 Å². The zero-order valence-corrected chi connectivity index (χ0v) is 31.6. The van der Waals surface area contributed by atoms with Gasteiger partial charge in [-0.1, -0.05) is 174 Å². The summed E-state index contributed by atoms with van der Waals surface area (Å²) < 4.78 is 6.39. The average Bonchev–Trinajstić information content (AvgIpc) is 3.67. The number of fused-ring (bicyclic) bond motifs is 4. The van der Waals surface area contributed by atoms with Crippen molar-refractivity contribution < 1.29 is 4.42 Å². The van der Waals surface area contributed by atoms with Crippen molar-refractivity contribution in [3.63, 3.8) is 0 Å². The van der Waals surface area contributed by atoms with Crippen molar-refractivity contribution in [3.05, 3.63) is 188 Å². The first-order valence-electron chi connectivity index (χ1n) is 19.3. The van der Waals surface area contributed by atoms with E-state index in [1.54, 1.807) is 0 Å². The molecule has 2 nitrogen and oxygen atoms in total. The Hall–Kier alpha value is -6.90. The Kier molecular flexibility index (Phi) is 8.91. The van der Waals surface area contributed by atoms with Crippen LogP contribution in [-0.4, -0.2) is 31.4 Å². The van der Waals surface area contributed by atoms with E-state index in [1.165, 1.54) is 16.3 Å². The maximum atomic E-state index is 7.11. The third-order valence-corrected chi connectivity index (χ3v) is 11.2. The van der Waals surface area contributed by atoms with Gasteiger partial charge in [-0.3, -0.25) is 0 Å². The molecule has 1 heterocycles. The molecule has 6 heteroatoms. The van der Waals surface area contributed by atoms with E-state index in [2.05, 4.69) is 127 Å². The van der Waals surface area contributed by atoms with Gasteiger partial charge in [0.05, 0.1) is 0 Å². The van der Waals surface area contributed by atoms with Crippen molar-refractivity contribution in [2.45, 2.75) is 0 Å². The molecule has 0 N–H and O–H groups in total. The molecule has 0 aliphatic carbocycles. The third-order valence-electron chi connectivity index (χ3n) is 11.2. The van der Waals surface area contributed by atoms with Gasteiger partial charge < -0.3 is 9.32 Å². The van der Waals surface area contributed by atoms with Crippen LogP contribution in [0.2, 0.25) is 0 Å². The van der Waals surface area contributed by atoms with Crippen LogP contribution in [0.25, 0.3) is 77.2 Å². The molecule has 0 saturated heterocycles. The largest absolute Gasteiger partial charge is 0.455 e. The van der Waals surface area contributed by atoms with Gasteiger partial charge in [0, 0.05) is 33.4 Å². The number of hydrogen-bond donors (Lipinski definition) is 0. The predicted octanol–water partition coefficient (Wildman–Crippen LogP) is 10.1. The highest BCUT2D eigenvalue weighted by Crippen LogP contribution is 2.38. The first-order chi connectivity index (χ1) is 28.4. The molecule has 0 spiro atoms. The van der Waals surface area contributed by atoms with Crippen LogP contribution < -0.4 is 26.8 Å². The molecule has 10 aromatic rings. The fourth-order valence-electron chi connectivity index (χ4n) is 8.28. The second kappa shape index (κ2) is 14.6. The number of hydrogen-bond acceptors (Lipinski definition) is 2. The van der Waals surface area contributed by atoms with Crippen molar-refractivity contribution in [1.82, 2.24) is 0 Å². The highest BCUT2D eigenvalue weighted by Gasteiger charge is 2.24. The summed E-state index contributed by atoms with van der Waals surface area (Å²) in [6.07, 6.45) is 0. The van der Waals surface area contributed by atoms with Crippen LogP contribution in [0.4, 0.5) is 17.1 Å². The van der Waals surface area contributed by atoms with Gasteiger partial charge in [-0.15, -0.1) is 0 Å². The maximum Gasteiger partial charge on any atom is 0.143 e. The van der Waals surface area contributed by atoms with Crippen LogP contribution in [0.15, 0.2) is 192 Å². The van der Waals surface area contributed by atoms with Crippen molar-refractivity contribution in [2.24, 2.45) is 0 Å². The zero-order valence-electron chi connectivity index (χ0n) is 31.6. The lowest BCUT2D eigenvalue weighted by molar-refractivity contribution is 0.670. The lowest BCUT2D eigenvalue weighted by Crippen LogP contribution is -2.46. The topological polar surface area (TPSA) is 16.4 Å². The Morgan fingerprint density at radius 2 is 0.862 bits per heavy atom. The van der Waals surface area contributed by atoms with E-state index in [-0.39, 0.29) is 0 Å². The quantitative estimate of drug-likeness (QED) is 0.152. The van der Waals surface area contributed by atoms with Crippen molar-refractivity contribution in [3.8, 4) is 44.5 Å². The first-order valence-corrected chi connectivity index (χ1v) is 19.3. The standard InChI is InChI=1S/C52H31B4NO/c53-47-46(44-21-10-20-43-42-18-6-7-22-45(42)58-52(43)44)48(54)50(56)51(49(47)55)57(38-27-23-33(24-28-38)32-11-2-1-3-12-32)39-29-25-34(26-30-39)36-15-8-16-37(31-36)41-19-9-14-35-13-4-5-17-40(35)41/h1-31H. The first kappa shape index (κ1) is 35.5. The monoisotopic (exact) mass is 729 g/mol. The Labute approximate surface area is 343 Å². The minimum Gasteiger partial charge on any atom is -0.455 e. The van der Waals surface area contributed by atoms with E-state index in [0.717, 1.165) is 61.1 Å². The summed E-state index contributed by atoms with van der Waals surface area (Å²) in [7, 11) is 28.3. The van der Waals surface area contributed by atoms with Crippen molar-refractivity contribution >= 4 is 103 Å². The van der Waals surface area contributed by atoms with Crippen LogP contribution in [0.1, 0.15) is 0 Å². The fourth-order valence-corrected chi connectivity index (χ4v) is 8.28. The molecular formula is C52H31B4NO. The number of furan rings is 1. The molecule has 0 amide bonds. The summed E-state index contributed by atoms with van der Waals surface area (Å²) in [6.45, 7) is 0. The summed E-state index contributed by atoms with van der Waals surface area (Å²) >= 11 is 0. The molecule has 262 valence electrons. The molecule has 58 heavy (non-hydrogen) atoms. The molecule has 0 aliphatic heterocycles. The highest BCUT2D eigenvalue weighted by molar-refractivity contribution is 6.63. The number of nitrogens with zero attached hydrogens (tertiary/aromatic N) is 1. The SMILES string of the molecule is [B]c1c([B])c(N(c2ccc(-c3ccccc3)cc2)c2ccc(-c3cccc(-c4cccc5ccccc45)c3)cc2)c([B])c([B])c1-c1cccc2c1oc1ccccc12. The van der Waals surface area contributed by atoms with Crippen LogP contribution >= 0.6 is 0 Å². The van der Waals surface area contributed by atoms with Crippen molar-refractivity contribution in [1.29, 1.82) is 0 Å². The zero-order chi connectivity index (χ0) is 39.3. The molecule has 1 aromatic heterocycles. The lowest BCUT2D eigenvalue weighted by Gasteiger charge is -2.33. The summed E-state index contributed by atoms with van der Waals surface area (Å²) in [5.74, 6) is 0. The smallest absolute Gasteiger partial charge is 0.143 e. The minimum atomic E-state index is 0.314. The molecule has 0 fully saturated rings. The Morgan fingerprint density at radius 1 is 0.362 bits per heavy atom. The van der Waals surface area contributed by atoms with Crippen molar-refractivity contribution in [2.75, 3.05) is 4.90 Å². The predicted molar refractivity (Wildman–Crippen MR) is 249 cm³/mol. The van der Waals surface area contributed by atoms with Gasteiger partial charge in [0.2, 0.25) is 0 Å². The van der Waals surface area contributed by atoms with Gasteiger partial charge in [0.15, 0.2) is 0 Å².